The van der Waals surface area contributed by atoms with Crippen molar-refractivity contribution in [1.29, 1.82) is 5.41 Å². The van der Waals surface area contributed by atoms with Crippen molar-refractivity contribution in [2.24, 2.45) is 5.73 Å². The zero-order valence-corrected chi connectivity index (χ0v) is 6.89. The van der Waals surface area contributed by atoms with Gasteiger partial charge >= 0.3 is 0 Å². The lowest BCUT2D eigenvalue weighted by Gasteiger charge is -2.01. The Kier molecular flexibility index (Phi) is 2.43. The van der Waals surface area contributed by atoms with E-state index in [0.29, 0.717) is 17.5 Å². The molecule has 0 aliphatic rings. The van der Waals surface area contributed by atoms with Gasteiger partial charge in [-0.05, 0) is 18.1 Å². The molecule has 0 bridgehead atoms. The molecule has 0 saturated carbocycles. The van der Waals surface area contributed by atoms with E-state index in [4.69, 9.17) is 11.1 Å². The third-order valence-electron chi connectivity index (χ3n) is 1.74. The van der Waals surface area contributed by atoms with Crippen LogP contribution in [0.15, 0.2) is 18.2 Å². The van der Waals surface area contributed by atoms with Gasteiger partial charge in [0, 0.05) is 5.56 Å². The molecule has 64 valence electrons. The van der Waals surface area contributed by atoms with Crippen LogP contribution >= 0.6 is 0 Å². The highest BCUT2D eigenvalue weighted by Gasteiger charge is 2.02. The van der Waals surface area contributed by atoms with Gasteiger partial charge in [0.25, 0.3) is 0 Å². The average molecular weight is 166 g/mol. The molecule has 0 heterocycles. The fourth-order valence-corrected chi connectivity index (χ4v) is 1.00. The van der Waals surface area contributed by atoms with Crippen molar-refractivity contribution in [2.45, 2.75) is 13.3 Å². The molecule has 1 aromatic carbocycles. The van der Waals surface area contributed by atoms with Crippen LogP contribution in [0.3, 0.4) is 0 Å². The summed E-state index contributed by atoms with van der Waals surface area (Å²) in [5.41, 5.74) is 6.28. The van der Waals surface area contributed by atoms with Crippen LogP contribution in [0.25, 0.3) is 0 Å². The van der Waals surface area contributed by atoms with Crippen molar-refractivity contribution in [1.82, 2.24) is 0 Å². The van der Waals surface area contributed by atoms with Gasteiger partial charge in [-0.15, -0.1) is 0 Å². The largest absolute Gasteiger partial charge is 0.384 e. The number of halogens is 1. The summed E-state index contributed by atoms with van der Waals surface area (Å²) >= 11 is 0. The van der Waals surface area contributed by atoms with Crippen LogP contribution in [0.1, 0.15) is 18.1 Å². The van der Waals surface area contributed by atoms with Gasteiger partial charge in [0.1, 0.15) is 11.7 Å². The van der Waals surface area contributed by atoms with Crippen molar-refractivity contribution in [3.05, 3.63) is 35.1 Å². The quantitative estimate of drug-likeness (QED) is 0.509. The lowest BCUT2D eigenvalue weighted by Crippen LogP contribution is -2.11. The van der Waals surface area contributed by atoms with Crippen LogP contribution < -0.4 is 5.73 Å². The number of benzene rings is 1. The number of hydrogen-bond acceptors (Lipinski definition) is 1. The minimum atomic E-state index is -0.287. The highest BCUT2D eigenvalue weighted by atomic mass is 19.1. The maximum absolute atomic E-state index is 13.1. The second-order valence-electron chi connectivity index (χ2n) is 2.57. The van der Waals surface area contributed by atoms with Crippen LogP contribution in [-0.4, -0.2) is 5.84 Å². The molecule has 0 aliphatic carbocycles. The van der Waals surface area contributed by atoms with Gasteiger partial charge < -0.3 is 5.73 Å². The lowest BCUT2D eigenvalue weighted by molar-refractivity contribution is 0.612. The Morgan fingerprint density at radius 2 is 2.25 bits per heavy atom. The average Bonchev–Trinajstić information content (AvgIpc) is 2.04. The Bertz CT molecular complexity index is 307. The predicted molar refractivity (Wildman–Crippen MR) is 46.8 cm³/mol. The van der Waals surface area contributed by atoms with Crippen LogP contribution in [0.5, 0.6) is 0 Å². The summed E-state index contributed by atoms with van der Waals surface area (Å²) in [6.45, 7) is 1.88. The first kappa shape index (κ1) is 8.71. The van der Waals surface area contributed by atoms with E-state index in [2.05, 4.69) is 0 Å². The Balaban J connectivity index is 3.10. The molecular weight excluding hydrogens is 155 g/mol. The van der Waals surface area contributed by atoms with Crippen molar-refractivity contribution >= 4 is 5.84 Å². The summed E-state index contributed by atoms with van der Waals surface area (Å²) in [6, 6.07) is 4.61. The van der Waals surface area contributed by atoms with Gasteiger partial charge in [0.2, 0.25) is 0 Å². The highest BCUT2D eigenvalue weighted by Crippen LogP contribution is 2.10. The number of nitrogen functional groups attached to an aromatic ring is 1. The number of nitrogens with two attached hydrogens (primary N) is 1. The summed E-state index contributed by atoms with van der Waals surface area (Å²) in [4.78, 5) is 0. The maximum atomic E-state index is 13.1. The topological polar surface area (TPSA) is 49.9 Å². The number of aryl methyl sites for hydroxylation is 1. The van der Waals surface area contributed by atoms with E-state index in [-0.39, 0.29) is 11.7 Å². The van der Waals surface area contributed by atoms with Crippen molar-refractivity contribution in [2.75, 3.05) is 0 Å². The standard InChI is InChI=1S/C9H11FN2/c1-2-6-3-4-7(9(11)12)5-8(6)10/h3-5H,2H2,1H3,(H3,11,12). The zero-order chi connectivity index (χ0) is 9.14. The molecule has 0 atom stereocenters. The second kappa shape index (κ2) is 3.34. The second-order valence-corrected chi connectivity index (χ2v) is 2.57. The van der Waals surface area contributed by atoms with E-state index in [9.17, 15) is 4.39 Å². The van der Waals surface area contributed by atoms with Gasteiger partial charge in [-0.1, -0.05) is 19.1 Å². The molecule has 2 nitrogen and oxygen atoms in total. The summed E-state index contributed by atoms with van der Waals surface area (Å²) in [7, 11) is 0. The minimum absolute atomic E-state index is 0.100. The van der Waals surface area contributed by atoms with Crippen molar-refractivity contribution in [3.8, 4) is 0 Å². The molecule has 0 radical (unpaired) electrons. The van der Waals surface area contributed by atoms with E-state index < -0.39 is 0 Å². The molecule has 3 heteroatoms. The predicted octanol–water partition coefficient (Wildman–Crippen LogP) is 1.67. The van der Waals surface area contributed by atoms with Crippen LogP contribution in [0.4, 0.5) is 4.39 Å². The van der Waals surface area contributed by atoms with Crippen molar-refractivity contribution in [3.63, 3.8) is 0 Å². The fourth-order valence-electron chi connectivity index (χ4n) is 1.00. The van der Waals surface area contributed by atoms with Crippen LogP contribution in [0, 0.1) is 11.2 Å². The Morgan fingerprint density at radius 3 is 2.67 bits per heavy atom. The van der Waals surface area contributed by atoms with E-state index >= 15 is 0 Å². The minimum Gasteiger partial charge on any atom is -0.384 e. The molecule has 1 aromatic rings. The van der Waals surface area contributed by atoms with Crippen LogP contribution in [0.2, 0.25) is 0 Å². The summed E-state index contributed by atoms with van der Waals surface area (Å²) < 4.78 is 13.1. The monoisotopic (exact) mass is 166 g/mol. The first-order chi connectivity index (χ1) is 5.65. The Morgan fingerprint density at radius 1 is 1.58 bits per heavy atom. The van der Waals surface area contributed by atoms with E-state index in [1.165, 1.54) is 6.07 Å². The smallest absolute Gasteiger partial charge is 0.127 e. The fraction of sp³-hybridized carbons (Fsp3) is 0.222. The molecule has 1 rings (SSSR count). The molecule has 0 aromatic heterocycles. The molecular formula is C9H11FN2. The van der Waals surface area contributed by atoms with Gasteiger partial charge in [0.15, 0.2) is 0 Å². The molecule has 0 fully saturated rings. The first-order valence-corrected chi connectivity index (χ1v) is 3.78. The summed E-state index contributed by atoms with van der Waals surface area (Å²) in [5.74, 6) is -0.387. The Hall–Kier alpha value is -1.38. The molecule has 0 amide bonds. The lowest BCUT2D eigenvalue weighted by atomic mass is 10.1. The number of nitrogens with one attached hydrogen (secondary N) is 1. The molecule has 0 saturated heterocycles. The SMILES string of the molecule is CCc1ccc(C(=N)N)cc1F. The van der Waals surface area contributed by atoms with Crippen molar-refractivity contribution < 1.29 is 4.39 Å². The number of amidine groups is 1. The zero-order valence-electron chi connectivity index (χ0n) is 6.89. The van der Waals surface area contributed by atoms with Gasteiger partial charge in [-0.3, -0.25) is 5.41 Å². The van der Waals surface area contributed by atoms with Crippen LogP contribution in [-0.2, 0) is 6.42 Å². The van der Waals surface area contributed by atoms with Gasteiger partial charge in [-0.2, -0.15) is 0 Å². The third kappa shape index (κ3) is 1.61. The van der Waals surface area contributed by atoms with Gasteiger partial charge in [-0.25, -0.2) is 4.39 Å². The molecule has 12 heavy (non-hydrogen) atoms. The number of hydrogen-bond donors (Lipinski definition) is 2. The highest BCUT2D eigenvalue weighted by molar-refractivity contribution is 5.94. The Labute approximate surface area is 70.7 Å². The molecule has 0 aliphatic heterocycles. The van der Waals surface area contributed by atoms with Gasteiger partial charge in [0.05, 0.1) is 0 Å². The summed E-state index contributed by atoms with van der Waals surface area (Å²) in [6.07, 6.45) is 0.657. The van der Waals surface area contributed by atoms with E-state index in [1.807, 2.05) is 6.92 Å². The normalized spacial score (nSPS) is 9.83. The maximum Gasteiger partial charge on any atom is 0.127 e. The van der Waals surface area contributed by atoms with E-state index in [1.54, 1.807) is 12.1 Å². The third-order valence-corrected chi connectivity index (χ3v) is 1.74. The van der Waals surface area contributed by atoms with E-state index in [0.717, 1.165) is 0 Å². The molecule has 3 N–H and O–H groups in total. The summed E-state index contributed by atoms with van der Waals surface area (Å²) in [5, 5.41) is 7.07. The first-order valence-electron chi connectivity index (χ1n) is 3.78. The number of rotatable bonds is 2. The molecule has 0 spiro atoms. The molecule has 0 unspecified atom stereocenters.